The molecule has 2 heterocycles. The van der Waals surface area contributed by atoms with Gasteiger partial charge in [0.25, 0.3) is 0 Å². The second-order valence-electron chi connectivity index (χ2n) is 7.18. The number of nitriles is 1. The molecule has 0 atom stereocenters. The van der Waals surface area contributed by atoms with Gasteiger partial charge in [0.2, 0.25) is 0 Å². The van der Waals surface area contributed by atoms with Crippen LogP contribution in [0.15, 0.2) is 60.8 Å². The molecule has 3 aromatic rings. The summed E-state index contributed by atoms with van der Waals surface area (Å²) in [5.41, 5.74) is 4.08. The Bertz CT molecular complexity index is 1100. The molecule has 0 bridgehead atoms. The van der Waals surface area contributed by atoms with Gasteiger partial charge < -0.3 is 14.4 Å². The van der Waals surface area contributed by atoms with E-state index in [1.54, 1.807) is 30.5 Å². The Morgan fingerprint density at radius 3 is 2.58 bits per heavy atom. The van der Waals surface area contributed by atoms with Crippen LogP contribution in [0.5, 0.6) is 5.75 Å². The van der Waals surface area contributed by atoms with E-state index < -0.39 is 6.09 Å². The highest BCUT2D eigenvalue weighted by atomic mass is 16.6. The van der Waals surface area contributed by atoms with E-state index in [4.69, 9.17) is 14.7 Å². The van der Waals surface area contributed by atoms with Crippen LogP contribution in [0.2, 0.25) is 0 Å². The van der Waals surface area contributed by atoms with Crippen LogP contribution >= 0.6 is 0 Å². The summed E-state index contributed by atoms with van der Waals surface area (Å²) >= 11 is 0. The number of rotatable bonds is 4. The van der Waals surface area contributed by atoms with E-state index in [0.717, 1.165) is 35.6 Å². The topological polar surface area (TPSA) is 87.5 Å². The molecule has 0 aliphatic carbocycles. The predicted molar refractivity (Wildman–Crippen MR) is 118 cm³/mol. The number of nitrogens with one attached hydrogen (secondary N) is 1. The van der Waals surface area contributed by atoms with Gasteiger partial charge in [0.15, 0.2) is 0 Å². The Balaban J connectivity index is 1.42. The van der Waals surface area contributed by atoms with Crippen LogP contribution in [-0.2, 0) is 4.74 Å². The number of anilines is 2. The standard InChI is InChI=1S/C24H22N4O3/c1-17-2-8-21(14-22(17)19-5-3-18(15-25)4-6-19)31-24(29)27-20-7-9-23(26-16-20)28-10-12-30-13-11-28/h2-9,14,16H,10-13H2,1H3,(H,27,29). The van der Waals surface area contributed by atoms with E-state index in [0.29, 0.717) is 30.2 Å². The third kappa shape index (κ3) is 5.00. The summed E-state index contributed by atoms with van der Waals surface area (Å²) in [6.07, 6.45) is 1.03. The van der Waals surface area contributed by atoms with Crippen LogP contribution in [-0.4, -0.2) is 37.4 Å². The van der Waals surface area contributed by atoms with E-state index >= 15 is 0 Å². The summed E-state index contributed by atoms with van der Waals surface area (Å²) in [5.74, 6) is 1.29. The molecular weight excluding hydrogens is 392 g/mol. The van der Waals surface area contributed by atoms with Gasteiger partial charge in [0.1, 0.15) is 11.6 Å². The molecule has 7 heteroatoms. The monoisotopic (exact) mass is 414 g/mol. The summed E-state index contributed by atoms with van der Waals surface area (Å²) < 4.78 is 10.8. The average molecular weight is 414 g/mol. The molecule has 2 aromatic carbocycles. The smallest absolute Gasteiger partial charge is 0.410 e. The Hall–Kier alpha value is -3.89. The largest absolute Gasteiger partial charge is 0.417 e. The number of ether oxygens (including phenoxy) is 2. The molecule has 0 saturated carbocycles. The Morgan fingerprint density at radius 1 is 1.13 bits per heavy atom. The molecule has 1 aliphatic rings. The van der Waals surface area contributed by atoms with Crippen LogP contribution < -0.4 is 15.0 Å². The summed E-state index contributed by atoms with van der Waals surface area (Å²) in [4.78, 5) is 18.9. The third-order valence-corrected chi connectivity index (χ3v) is 5.07. The first-order valence-corrected chi connectivity index (χ1v) is 10.0. The number of morpholine rings is 1. The fourth-order valence-electron chi connectivity index (χ4n) is 3.39. The maximum absolute atomic E-state index is 12.4. The van der Waals surface area contributed by atoms with Gasteiger partial charge in [-0.1, -0.05) is 18.2 Å². The van der Waals surface area contributed by atoms with E-state index in [2.05, 4.69) is 21.3 Å². The van der Waals surface area contributed by atoms with Gasteiger partial charge in [-0.3, -0.25) is 5.32 Å². The molecule has 1 N–H and O–H groups in total. The second-order valence-corrected chi connectivity index (χ2v) is 7.18. The maximum Gasteiger partial charge on any atom is 0.417 e. The van der Waals surface area contributed by atoms with Gasteiger partial charge in [0.05, 0.1) is 36.7 Å². The van der Waals surface area contributed by atoms with E-state index in [-0.39, 0.29) is 0 Å². The van der Waals surface area contributed by atoms with Crippen LogP contribution in [0.4, 0.5) is 16.3 Å². The van der Waals surface area contributed by atoms with Crippen molar-refractivity contribution in [2.75, 3.05) is 36.5 Å². The lowest BCUT2D eigenvalue weighted by Gasteiger charge is -2.27. The van der Waals surface area contributed by atoms with Crippen molar-refractivity contribution in [3.05, 3.63) is 71.9 Å². The first-order valence-electron chi connectivity index (χ1n) is 10.0. The minimum absolute atomic E-state index is 0.431. The third-order valence-electron chi connectivity index (χ3n) is 5.07. The fourth-order valence-corrected chi connectivity index (χ4v) is 3.39. The lowest BCUT2D eigenvalue weighted by atomic mass is 9.99. The maximum atomic E-state index is 12.4. The van der Waals surface area contributed by atoms with Gasteiger partial charge in [-0.2, -0.15) is 5.26 Å². The van der Waals surface area contributed by atoms with Crippen molar-refractivity contribution in [1.29, 1.82) is 5.26 Å². The number of hydrogen-bond acceptors (Lipinski definition) is 6. The summed E-state index contributed by atoms with van der Waals surface area (Å²) in [6.45, 7) is 4.97. The highest BCUT2D eigenvalue weighted by Crippen LogP contribution is 2.28. The number of carbonyl (C=O) groups excluding carboxylic acids is 1. The van der Waals surface area contributed by atoms with Crippen molar-refractivity contribution in [3.8, 4) is 22.9 Å². The summed E-state index contributed by atoms with van der Waals surface area (Å²) in [6, 6.07) is 18.5. The van der Waals surface area contributed by atoms with Gasteiger partial charge in [-0.05, 0) is 60.0 Å². The first-order chi connectivity index (χ1) is 15.1. The zero-order chi connectivity index (χ0) is 21.6. The van der Waals surface area contributed by atoms with Gasteiger partial charge in [-0.15, -0.1) is 0 Å². The normalized spacial score (nSPS) is 13.4. The molecule has 0 radical (unpaired) electrons. The highest BCUT2D eigenvalue weighted by Gasteiger charge is 2.13. The molecule has 31 heavy (non-hydrogen) atoms. The minimum atomic E-state index is -0.587. The summed E-state index contributed by atoms with van der Waals surface area (Å²) in [5, 5.41) is 11.7. The molecule has 7 nitrogen and oxygen atoms in total. The molecular formula is C24H22N4O3. The quantitative estimate of drug-likeness (QED) is 0.682. The number of benzene rings is 2. The molecule has 1 amide bonds. The molecule has 1 aliphatic heterocycles. The molecule has 1 saturated heterocycles. The number of aryl methyl sites for hydroxylation is 1. The van der Waals surface area contributed by atoms with Gasteiger partial charge in [0, 0.05) is 13.1 Å². The molecule has 0 unspecified atom stereocenters. The number of amides is 1. The lowest BCUT2D eigenvalue weighted by Crippen LogP contribution is -2.36. The number of nitrogens with zero attached hydrogens (tertiary/aromatic N) is 3. The Morgan fingerprint density at radius 2 is 1.90 bits per heavy atom. The molecule has 0 spiro atoms. The fraction of sp³-hybridized carbons (Fsp3) is 0.208. The van der Waals surface area contributed by atoms with Crippen molar-refractivity contribution >= 4 is 17.6 Å². The van der Waals surface area contributed by atoms with E-state index in [1.807, 2.05) is 37.3 Å². The molecule has 1 aromatic heterocycles. The zero-order valence-corrected chi connectivity index (χ0v) is 17.2. The van der Waals surface area contributed by atoms with Crippen LogP contribution in [0.1, 0.15) is 11.1 Å². The predicted octanol–water partition coefficient (Wildman–Crippen LogP) is 4.38. The molecule has 4 rings (SSSR count). The zero-order valence-electron chi connectivity index (χ0n) is 17.2. The summed E-state index contributed by atoms with van der Waals surface area (Å²) in [7, 11) is 0. The SMILES string of the molecule is Cc1ccc(OC(=O)Nc2ccc(N3CCOCC3)nc2)cc1-c1ccc(C#N)cc1. The Kier molecular flexibility index (Phi) is 6.11. The Labute approximate surface area is 180 Å². The first kappa shape index (κ1) is 20.4. The van der Waals surface area contributed by atoms with Crippen molar-refractivity contribution in [2.45, 2.75) is 6.92 Å². The van der Waals surface area contributed by atoms with Crippen molar-refractivity contribution in [3.63, 3.8) is 0 Å². The van der Waals surface area contributed by atoms with E-state index in [9.17, 15) is 4.79 Å². The number of hydrogen-bond donors (Lipinski definition) is 1. The van der Waals surface area contributed by atoms with Crippen molar-refractivity contribution in [1.82, 2.24) is 4.98 Å². The minimum Gasteiger partial charge on any atom is -0.410 e. The van der Waals surface area contributed by atoms with Gasteiger partial charge in [-0.25, -0.2) is 9.78 Å². The van der Waals surface area contributed by atoms with Crippen molar-refractivity contribution in [2.24, 2.45) is 0 Å². The molecule has 156 valence electrons. The highest BCUT2D eigenvalue weighted by molar-refractivity contribution is 5.86. The molecule has 1 fully saturated rings. The van der Waals surface area contributed by atoms with Crippen molar-refractivity contribution < 1.29 is 14.3 Å². The number of aromatic nitrogens is 1. The second kappa shape index (κ2) is 9.28. The van der Waals surface area contributed by atoms with Crippen LogP contribution in [0.25, 0.3) is 11.1 Å². The number of carbonyl (C=O) groups is 1. The lowest BCUT2D eigenvalue weighted by molar-refractivity contribution is 0.122. The van der Waals surface area contributed by atoms with Crippen LogP contribution in [0, 0.1) is 18.3 Å². The average Bonchev–Trinajstić information content (AvgIpc) is 2.81. The van der Waals surface area contributed by atoms with Gasteiger partial charge >= 0.3 is 6.09 Å². The number of pyridine rings is 1. The van der Waals surface area contributed by atoms with Crippen LogP contribution in [0.3, 0.4) is 0 Å². The van der Waals surface area contributed by atoms with E-state index in [1.165, 1.54) is 0 Å².